The Kier molecular flexibility index (Phi) is 9.41. The van der Waals surface area contributed by atoms with Crippen LogP contribution in [0.4, 0.5) is 13.2 Å². The number of hydrogen-bond donors (Lipinski definition) is 1. The number of alkyl halides is 3. The van der Waals surface area contributed by atoms with Gasteiger partial charge in [0.15, 0.2) is 0 Å². The Labute approximate surface area is 276 Å². The second-order valence-electron chi connectivity index (χ2n) is 13.2. The van der Waals surface area contributed by atoms with Gasteiger partial charge in [-0.2, -0.15) is 13.2 Å². The Hall–Kier alpha value is -4.38. The third-order valence-electron chi connectivity index (χ3n) is 7.57. The van der Waals surface area contributed by atoms with Crippen LogP contribution in [0.25, 0.3) is 22.3 Å². The summed E-state index contributed by atoms with van der Waals surface area (Å²) < 4.78 is 47.0. The SMILES string of the molecule is Cc1ccc(COc2cnc3c(c2)c(SC(C)(C)C)c(CC(C)(C)C(=O)O)n3Cc2ccc(-c3ccc(C(F)(F)F)cn3)cc2)nc1. The zero-order valence-corrected chi connectivity index (χ0v) is 28.0. The van der Waals surface area contributed by atoms with E-state index in [1.54, 1.807) is 38.0 Å². The minimum absolute atomic E-state index is 0.194. The highest BCUT2D eigenvalue weighted by atomic mass is 32.2. The third-order valence-corrected chi connectivity index (χ3v) is 8.84. The van der Waals surface area contributed by atoms with Crippen LogP contribution in [0.15, 0.2) is 78.1 Å². The number of pyridine rings is 3. The van der Waals surface area contributed by atoms with Crippen molar-refractivity contribution in [2.75, 3.05) is 0 Å². The van der Waals surface area contributed by atoms with Crippen LogP contribution in [0.2, 0.25) is 0 Å². The zero-order valence-electron chi connectivity index (χ0n) is 27.1. The van der Waals surface area contributed by atoms with E-state index in [0.717, 1.165) is 45.1 Å². The lowest BCUT2D eigenvalue weighted by molar-refractivity contribution is -0.147. The number of aliphatic carboxylic acids is 1. The summed E-state index contributed by atoms with van der Waals surface area (Å²) in [6, 6.07) is 15.7. The molecule has 0 aliphatic rings. The lowest BCUT2D eigenvalue weighted by Crippen LogP contribution is -2.28. The minimum Gasteiger partial charge on any atom is -0.486 e. The van der Waals surface area contributed by atoms with Gasteiger partial charge in [-0.1, -0.05) is 51.1 Å². The van der Waals surface area contributed by atoms with Crippen LogP contribution in [0, 0.1) is 12.3 Å². The Morgan fingerprint density at radius 2 is 1.64 bits per heavy atom. The van der Waals surface area contributed by atoms with Crippen molar-refractivity contribution >= 4 is 28.8 Å². The molecule has 1 N–H and O–H groups in total. The number of carboxylic acids is 1. The monoisotopic (exact) mass is 662 g/mol. The standard InChI is InChI=1S/C36H37F3N4O3S/c1-22-7-13-26(40-17-22)21-46-27-15-28-31(47-34(2,3)4)30(16-35(5,6)33(44)45)43(32(28)42-19-27)20-23-8-10-24(11-9-23)29-14-12-25(18-41-29)36(37,38)39/h7-15,17-19H,16,20-21H2,1-6H3,(H,44,45). The van der Waals surface area contributed by atoms with Gasteiger partial charge in [-0.25, -0.2) is 4.98 Å². The van der Waals surface area contributed by atoms with Gasteiger partial charge in [0.05, 0.1) is 28.6 Å². The van der Waals surface area contributed by atoms with Gasteiger partial charge >= 0.3 is 12.1 Å². The molecule has 7 nitrogen and oxygen atoms in total. The van der Waals surface area contributed by atoms with Crippen LogP contribution < -0.4 is 4.74 Å². The molecule has 0 radical (unpaired) electrons. The molecule has 0 unspecified atom stereocenters. The number of rotatable bonds is 10. The van der Waals surface area contributed by atoms with E-state index in [2.05, 4.69) is 35.3 Å². The maximum absolute atomic E-state index is 13.0. The van der Waals surface area contributed by atoms with Crippen molar-refractivity contribution in [3.63, 3.8) is 0 Å². The van der Waals surface area contributed by atoms with Crippen molar-refractivity contribution in [3.8, 4) is 17.0 Å². The van der Waals surface area contributed by atoms with Gasteiger partial charge in [-0.05, 0) is 56.2 Å². The normalized spacial score (nSPS) is 12.4. The molecule has 0 fully saturated rings. The summed E-state index contributed by atoms with van der Waals surface area (Å²) >= 11 is 1.66. The van der Waals surface area contributed by atoms with E-state index in [1.807, 2.05) is 49.4 Å². The van der Waals surface area contributed by atoms with E-state index in [-0.39, 0.29) is 17.8 Å². The average molecular weight is 663 g/mol. The number of fused-ring (bicyclic) bond motifs is 1. The highest BCUT2D eigenvalue weighted by molar-refractivity contribution is 8.00. The summed E-state index contributed by atoms with van der Waals surface area (Å²) in [6.45, 7) is 12.4. The van der Waals surface area contributed by atoms with E-state index >= 15 is 0 Å². The van der Waals surface area contributed by atoms with E-state index in [0.29, 0.717) is 29.2 Å². The number of halogens is 3. The second-order valence-corrected chi connectivity index (χ2v) is 15.1. The molecule has 0 amide bonds. The first-order valence-corrected chi connectivity index (χ1v) is 15.9. The van der Waals surface area contributed by atoms with Crippen molar-refractivity contribution in [1.82, 2.24) is 19.5 Å². The molecular weight excluding hydrogens is 625 g/mol. The van der Waals surface area contributed by atoms with Gasteiger partial charge in [0.1, 0.15) is 18.0 Å². The first-order valence-electron chi connectivity index (χ1n) is 15.1. The van der Waals surface area contributed by atoms with Gasteiger partial charge in [0, 0.05) is 51.6 Å². The smallest absolute Gasteiger partial charge is 0.417 e. The Bertz CT molecular complexity index is 1880. The second kappa shape index (κ2) is 13.0. The number of thioether (sulfide) groups is 1. The van der Waals surface area contributed by atoms with Gasteiger partial charge in [0.25, 0.3) is 0 Å². The number of carbonyl (C=O) groups is 1. The molecule has 4 heterocycles. The number of hydrogen-bond acceptors (Lipinski definition) is 6. The molecule has 246 valence electrons. The van der Waals surface area contributed by atoms with Crippen molar-refractivity contribution in [1.29, 1.82) is 0 Å². The molecule has 0 atom stereocenters. The molecule has 0 saturated heterocycles. The maximum atomic E-state index is 13.0. The molecule has 11 heteroatoms. The molecular formula is C36H37F3N4O3S. The summed E-state index contributed by atoms with van der Waals surface area (Å²) in [7, 11) is 0. The average Bonchev–Trinajstić information content (AvgIpc) is 3.26. The van der Waals surface area contributed by atoms with Crippen LogP contribution in [-0.2, 0) is 30.5 Å². The fourth-order valence-electron chi connectivity index (χ4n) is 5.00. The highest BCUT2D eigenvalue weighted by Gasteiger charge is 2.33. The van der Waals surface area contributed by atoms with Gasteiger partial charge < -0.3 is 14.4 Å². The summed E-state index contributed by atoms with van der Waals surface area (Å²) in [5.74, 6) is -0.331. The van der Waals surface area contributed by atoms with Crippen molar-refractivity contribution in [2.24, 2.45) is 5.41 Å². The van der Waals surface area contributed by atoms with Crippen LogP contribution in [0.3, 0.4) is 0 Å². The predicted molar refractivity (Wildman–Crippen MR) is 178 cm³/mol. The molecule has 1 aromatic carbocycles. The molecule has 0 bridgehead atoms. The van der Waals surface area contributed by atoms with Crippen LogP contribution >= 0.6 is 11.8 Å². The molecule has 5 rings (SSSR count). The third kappa shape index (κ3) is 8.13. The summed E-state index contributed by atoms with van der Waals surface area (Å²) in [6.07, 6.45) is 0.103. The predicted octanol–water partition coefficient (Wildman–Crippen LogP) is 8.99. The summed E-state index contributed by atoms with van der Waals surface area (Å²) in [5, 5.41) is 11.0. The van der Waals surface area contributed by atoms with Gasteiger partial charge in [-0.3, -0.25) is 14.8 Å². The van der Waals surface area contributed by atoms with Crippen molar-refractivity contribution in [3.05, 3.63) is 101 Å². The molecule has 4 aromatic heterocycles. The van der Waals surface area contributed by atoms with E-state index < -0.39 is 23.1 Å². The minimum atomic E-state index is -4.45. The van der Waals surface area contributed by atoms with Crippen LogP contribution in [0.5, 0.6) is 5.75 Å². The Balaban J connectivity index is 1.55. The van der Waals surface area contributed by atoms with Crippen LogP contribution in [0.1, 0.15) is 62.7 Å². The number of aromatic nitrogens is 4. The van der Waals surface area contributed by atoms with Crippen molar-refractivity contribution < 1.29 is 27.8 Å². The number of aryl methyl sites for hydroxylation is 1. The van der Waals surface area contributed by atoms with E-state index in [4.69, 9.17) is 9.72 Å². The molecule has 47 heavy (non-hydrogen) atoms. The first-order chi connectivity index (χ1) is 22.0. The first kappa shape index (κ1) is 34.0. The van der Waals surface area contributed by atoms with Gasteiger partial charge in [0.2, 0.25) is 0 Å². The largest absolute Gasteiger partial charge is 0.486 e. The number of carboxylic acid groups (broad SMARTS) is 1. The molecule has 0 spiro atoms. The molecule has 5 aromatic rings. The lowest BCUT2D eigenvalue weighted by atomic mass is 9.88. The summed E-state index contributed by atoms with van der Waals surface area (Å²) in [5.41, 5.74) is 3.55. The number of benzene rings is 1. The van der Waals surface area contributed by atoms with Crippen molar-refractivity contribution in [2.45, 2.75) is 76.9 Å². The fourth-order valence-corrected chi connectivity index (χ4v) is 6.18. The Morgan fingerprint density at radius 1 is 0.915 bits per heavy atom. The van der Waals surface area contributed by atoms with E-state index in [1.165, 1.54) is 6.07 Å². The quantitative estimate of drug-likeness (QED) is 0.149. The Morgan fingerprint density at radius 3 is 2.21 bits per heavy atom. The summed E-state index contributed by atoms with van der Waals surface area (Å²) in [4.78, 5) is 26.5. The highest BCUT2D eigenvalue weighted by Crippen LogP contribution is 2.43. The molecule has 0 saturated carbocycles. The number of nitrogens with zero attached hydrogens (tertiary/aromatic N) is 4. The molecule has 0 aliphatic carbocycles. The maximum Gasteiger partial charge on any atom is 0.417 e. The molecule has 0 aliphatic heterocycles. The number of ether oxygens (including phenoxy) is 1. The zero-order chi connectivity index (χ0) is 34.1. The van der Waals surface area contributed by atoms with Crippen LogP contribution in [-0.4, -0.2) is 35.3 Å². The fraction of sp³-hybridized carbons (Fsp3) is 0.333. The van der Waals surface area contributed by atoms with Gasteiger partial charge in [-0.15, -0.1) is 11.8 Å². The topological polar surface area (TPSA) is 90.1 Å². The lowest BCUT2D eigenvalue weighted by Gasteiger charge is -2.24. The van der Waals surface area contributed by atoms with E-state index in [9.17, 15) is 23.1 Å².